The molecule has 584 valence electrons. The van der Waals surface area contributed by atoms with Gasteiger partial charge in [0.2, 0.25) is 0 Å². The molecule has 0 spiro atoms. The maximum atomic E-state index is 13.1. The number of phosphoric ester groups is 2. The SMILES string of the molecule is CCCCC/C=C\C/C=C\C/C=C\C/C=C\CCCC(=O)OC[C@H](COP(=O)(O)OC[C@H](O)COP(=O)(O)OC[C@@H](COC(=O)CCCCCCC/C=C\CCCCCC)OC(=O)CCC/C=C\C/C=C\C/C=C\C/C=C\CCCCC)OC(=O)CCCCCCC/C=C\C/C=C\CCCCC. The zero-order valence-electron chi connectivity index (χ0n) is 63.7. The predicted molar refractivity (Wildman–Crippen MR) is 418 cm³/mol. The fourth-order valence-electron chi connectivity index (χ4n) is 9.99. The number of unbranched alkanes of at least 4 members (excludes halogenated alkanes) is 25. The number of hydrogen-bond donors (Lipinski definition) is 3. The molecule has 19 heteroatoms. The number of ether oxygens (including phenoxy) is 4. The Kier molecular flexibility index (Phi) is 71.0. The summed E-state index contributed by atoms with van der Waals surface area (Å²) in [6.45, 7) is 4.62. The van der Waals surface area contributed by atoms with Gasteiger partial charge in [-0.25, -0.2) is 9.13 Å². The van der Waals surface area contributed by atoms with Crippen molar-refractivity contribution >= 4 is 39.5 Å². The van der Waals surface area contributed by atoms with Crippen molar-refractivity contribution < 1.29 is 80.2 Å². The molecule has 0 saturated heterocycles. The lowest BCUT2D eigenvalue weighted by atomic mass is 10.1. The largest absolute Gasteiger partial charge is 0.472 e. The maximum absolute atomic E-state index is 13.1. The van der Waals surface area contributed by atoms with E-state index in [0.29, 0.717) is 38.5 Å². The highest BCUT2D eigenvalue weighted by Gasteiger charge is 2.30. The minimum absolute atomic E-state index is 0.0135. The van der Waals surface area contributed by atoms with Crippen molar-refractivity contribution in [3.63, 3.8) is 0 Å². The zero-order chi connectivity index (χ0) is 74.6. The van der Waals surface area contributed by atoms with E-state index < -0.39 is 97.5 Å². The molecule has 0 fully saturated rings. The first-order valence-electron chi connectivity index (χ1n) is 39.4. The summed E-state index contributed by atoms with van der Waals surface area (Å²) in [7, 11) is -10.00. The van der Waals surface area contributed by atoms with E-state index in [1.807, 2.05) is 24.3 Å². The van der Waals surface area contributed by atoms with Gasteiger partial charge in [0.1, 0.15) is 19.3 Å². The predicted octanol–water partition coefficient (Wildman–Crippen LogP) is 22.9. The van der Waals surface area contributed by atoms with Gasteiger partial charge in [-0.15, -0.1) is 0 Å². The Morgan fingerprint density at radius 3 is 0.814 bits per heavy atom. The molecule has 0 bridgehead atoms. The first kappa shape index (κ1) is 97.2. The summed E-state index contributed by atoms with van der Waals surface area (Å²) in [5.74, 6) is -2.33. The van der Waals surface area contributed by atoms with Crippen LogP contribution in [-0.4, -0.2) is 96.7 Å². The molecule has 0 aromatic rings. The van der Waals surface area contributed by atoms with E-state index in [1.54, 1.807) is 0 Å². The Bertz CT molecular complexity index is 2460. The highest BCUT2D eigenvalue weighted by Crippen LogP contribution is 2.45. The highest BCUT2D eigenvalue weighted by molar-refractivity contribution is 7.47. The summed E-state index contributed by atoms with van der Waals surface area (Å²) in [4.78, 5) is 72.9. The molecule has 0 radical (unpaired) electrons. The third-order valence-electron chi connectivity index (χ3n) is 16.1. The van der Waals surface area contributed by atoms with E-state index in [4.69, 9.17) is 37.0 Å². The molecular weight excluding hydrogens is 1330 g/mol. The van der Waals surface area contributed by atoms with E-state index >= 15 is 0 Å². The number of phosphoric acid groups is 2. The van der Waals surface area contributed by atoms with Crippen LogP contribution in [0.25, 0.3) is 0 Å². The molecule has 0 aliphatic heterocycles. The van der Waals surface area contributed by atoms with Crippen molar-refractivity contribution in [1.82, 2.24) is 0 Å². The third kappa shape index (κ3) is 73.5. The molecule has 0 rings (SSSR count). The molecule has 0 aromatic carbocycles. The van der Waals surface area contributed by atoms with Crippen molar-refractivity contribution in [1.29, 1.82) is 0 Å². The van der Waals surface area contributed by atoms with Gasteiger partial charge in [-0.3, -0.25) is 37.3 Å². The number of aliphatic hydroxyl groups is 1. The van der Waals surface area contributed by atoms with E-state index in [1.165, 1.54) is 83.5 Å². The van der Waals surface area contributed by atoms with Crippen LogP contribution >= 0.6 is 15.6 Å². The van der Waals surface area contributed by atoms with Crippen LogP contribution in [0.1, 0.15) is 310 Å². The minimum Gasteiger partial charge on any atom is -0.462 e. The molecule has 2 unspecified atom stereocenters. The van der Waals surface area contributed by atoms with Crippen LogP contribution in [0.15, 0.2) is 134 Å². The van der Waals surface area contributed by atoms with Crippen molar-refractivity contribution in [2.24, 2.45) is 0 Å². The fourth-order valence-corrected chi connectivity index (χ4v) is 11.6. The monoisotopic (exact) mass is 1470 g/mol. The van der Waals surface area contributed by atoms with Gasteiger partial charge in [-0.1, -0.05) is 258 Å². The lowest BCUT2D eigenvalue weighted by molar-refractivity contribution is -0.161. The maximum Gasteiger partial charge on any atom is 0.472 e. The number of carbonyl (C=O) groups excluding carboxylic acids is 4. The Hall–Kier alpha value is -4.80. The molecule has 102 heavy (non-hydrogen) atoms. The van der Waals surface area contributed by atoms with Crippen molar-refractivity contribution in [3.05, 3.63) is 134 Å². The van der Waals surface area contributed by atoms with Crippen molar-refractivity contribution in [2.45, 2.75) is 329 Å². The second-order valence-corrected chi connectivity index (χ2v) is 28.8. The minimum atomic E-state index is -5.00. The smallest absolute Gasteiger partial charge is 0.462 e. The van der Waals surface area contributed by atoms with Gasteiger partial charge in [-0.2, -0.15) is 0 Å². The number of aliphatic hydroxyl groups excluding tert-OH is 1. The topological polar surface area (TPSA) is 237 Å². The van der Waals surface area contributed by atoms with Gasteiger partial charge in [-0.05, 0) is 161 Å². The number of rotatable bonds is 73. The van der Waals surface area contributed by atoms with Crippen LogP contribution in [0.3, 0.4) is 0 Å². The Balaban J connectivity index is 5.48. The average Bonchev–Trinajstić information content (AvgIpc) is 0.951. The van der Waals surface area contributed by atoms with E-state index in [0.717, 1.165) is 135 Å². The fraction of sp³-hybridized carbons (Fsp3) is 0.687. The Morgan fingerprint density at radius 2 is 0.490 bits per heavy atom. The summed E-state index contributed by atoms with van der Waals surface area (Å²) in [6, 6.07) is 0. The number of carbonyl (C=O) groups is 4. The molecular formula is C83H140O17P2. The van der Waals surface area contributed by atoms with Crippen LogP contribution in [0.5, 0.6) is 0 Å². The lowest BCUT2D eigenvalue weighted by Gasteiger charge is -2.21. The summed E-state index contributed by atoms with van der Waals surface area (Å²) < 4.78 is 68.4. The van der Waals surface area contributed by atoms with Crippen LogP contribution < -0.4 is 0 Å². The summed E-state index contributed by atoms with van der Waals surface area (Å²) >= 11 is 0. The molecule has 0 saturated carbocycles. The first-order chi connectivity index (χ1) is 49.7. The third-order valence-corrected chi connectivity index (χ3v) is 18.0. The zero-order valence-corrected chi connectivity index (χ0v) is 65.5. The summed E-state index contributed by atoms with van der Waals surface area (Å²) in [6.07, 6.45) is 83.0. The van der Waals surface area contributed by atoms with Gasteiger partial charge in [0.05, 0.1) is 26.4 Å². The molecule has 5 atom stereocenters. The van der Waals surface area contributed by atoms with Gasteiger partial charge < -0.3 is 33.8 Å². The normalized spacial score (nSPS) is 14.6. The molecule has 0 amide bonds. The second kappa shape index (κ2) is 74.5. The second-order valence-electron chi connectivity index (χ2n) is 25.9. The van der Waals surface area contributed by atoms with Crippen LogP contribution in [-0.2, 0) is 65.4 Å². The average molecular weight is 1470 g/mol. The Morgan fingerprint density at radius 1 is 0.275 bits per heavy atom. The van der Waals surface area contributed by atoms with Gasteiger partial charge in [0, 0.05) is 25.7 Å². The van der Waals surface area contributed by atoms with Gasteiger partial charge >= 0.3 is 39.5 Å². The number of hydrogen-bond acceptors (Lipinski definition) is 15. The molecule has 3 N–H and O–H groups in total. The van der Waals surface area contributed by atoms with Crippen LogP contribution in [0.4, 0.5) is 0 Å². The molecule has 0 aromatic heterocycles. The van der Waals surface area contributed by atoms with Gasteiger partial charge in [0.25, 0.3) is 0 Å². The standard InChI is InChI=1S/C83H140O17P2/c1-5-9-13-17-21-25-29-33-36-38-41-44-48-52-56-60-64-68-81(86)94-74-79(99-82(87)69-65-61-57-53-49-45-40-35-31-27-23-19-15-11-7-3)76-98-102(91,92)96-72-77(84)71-95-101(89,90)97-75-78(73-93-80(85)67-63-59-55-51-47-43-32-28-24-20-16-12-8-4)100-83(88)70-66-62-58-54-50-46-42-39-37-34-30-26-22-18-14-10-6-2/h21-23,25-28,32-37,40-42,44,46,52,54,56,58,77-79,84H,5-20,24,29-31,38-39,43,45,47-51,53,55,57,59-76H2,1-4H3,(H,89,90)(H,91,92)/b25-21-,26-22-,27-23-,32-28-,36-33-,37-34-,40-35-,44-41-,46-42-,56-52-,58-54-/t77-,78-,79-/m1/s1. The van der Waals surface area contributed by atoms with E-state index in [-0.39, 0.29) is 25.7 Å². The van der Waals surface area contributed by atoms with E-state index in [9.17, 15) is 43.2 Å². The molecule has 0 aliphatic carbocycles. The van der Waals surface area contributed by atoms with Crippen molar-refractivity contribution in [2.75, 3.05) is 39.6 Å². The summed E-state index contributed by atoms with van der Waals surface area (Å²) in [5.41, 5.74) is 0. The first-order valence-corrected chi connectivity index (χ1v) is 42.4. The van der Waals surface area contributed by atoms with Crippen LogP contribution in [0.2, 0.25) is 0 Å². The molecule has 17 nitrogen and oxygen atoms in total. The Labute approximate surface area is 618 Å². The quantitative estimate of drug-likeness (QED) is 0.0169. The highest BCUT2D eigenvalue weighted by atomic mass is 31.2. The van der Waals surface area contributed by atoms with Crippen LogP contribution in [0, 0.1) is 0 Å². The molecule has 0 heterocycles. The van der Waals surface area contributed by atoms with E-state index in [2.05, 4.69) is 137 Å². The number of esters is 4. The van der Waals surface area contributed by atoms with Gasteiger partial charge in [0.15, 0.2) is 12.2 Å². The summed E-state index contributed by atoms with van der Waals surface area (Å²) in [5, 5.41) is 10.6. The molecule has 0 aliphatic rings. The number of allylic oxidation sites excluding steroid dienone is 22. The lowest BCUT2D eigenvalue weighted by Crippen LogP contribution is -2.30. The van der Waals surface area contributed by atoms with Crippen molar-refractivity contribution in [3.8, 4) is 0 Å².